The SMILES string of the molecule is CC(C)C[C@H](NC(=O)C1CCN(C(=O)OCC2c3ccccc3-c3ccccc32)CC1)C(=O)N[C@@H](Cc1ccccc1)C(=O)O. The van der Waals surface area contributed by atoms with Gasteiger partial charge in [-0.05, 0) is 53.0 Å². The van der Waals surface area contributed by atoms with E-state index < -0.39 is 30.1 Å². The molecule has 0 spiro atoms. The summed E-state index contributed by atoms with van der Waals surface area (Å²) in [5.74, 6) is -2.22. The van der Waals surface area contributed by atoms with Gasteiger partial charge in [0.2, 0.25) is 11.8 Å². The van der Waals surface area contributed by atoms with Gasteiger partial charge in [-0.15, -0.1) is 0 Å². The highest BCUT2D eigenvalue weighted by Gasteiger charge is 2.34. The summed E-state index contributed by atoms with van der Waals surface area (Å²) in [5.41, 5.74) is 5.42. The number of aliphatic carboxylic acids is 1. The number of benzene rings is 3. The number of nitrogens with one attached hydrogen (secondary N) is 2. The first kappa shape index (κ1) is 31.8. The number of fused-ring (bicyclic) bond motifs is 3. The van der Waals surface area contributed by atoms with Crippen molar-refractivity contribution in [3.8, 4) is 11.1 Å². The molecule has 1 aliphatic carbocycles. The molecule has 0 bridgehead atoms. The predicted molar refractivity (Wildman–Crippen MR) is 170 cm³/mol. The Kier molecular flexibility index (Phi) is 10.2. The summed E-state index contributed by atoms with van der Waals surface area (Å²) < 4.78 is 5.80. The Bertz CT molecular complexity index is 1470. The van der Waals surface area contributed by atoms with Crippen LogP contribution in [0.15, 0.2) is 78.9 Å². The minimum atomic E-state index is -1.14. The quantitative estimate of drug-likeness (QED) is 0.281. The van der Waals surface area contributed by atoms with Crippen LogP contribution < -0.4 is 10.6 Å². The zero-order valence-corrected chi connectivity index (χ0v) is 25.8. The van der Waals surface area contributed by atoms with Crippen molar-refractivity contribution in [2.45, 2.75) is 57.5 Å². The maximum Gasteiger partial charge on any atom is 0.409 e. The lowest BCUT2D eigenvalue weighted by atomic mass is 9.94. The summed E-state index contributed by atoms with van der Waals surface area (Å²) in [6, 6.07) is 23.5. The molecule has 0 aromatic heterocycles. The zero-order valence-electron chi connectivity index (χ0n) is 25.8. The first-order chi connectivity index (χ1) is 21.7. The number of carbonyl (C=O) groups excluding carboxylic acids is 3. The molecule has 45 heavy (non-hydrogen) atoms. The van der Waals surface area contributed by atoms with E-state index in [4.69, 9.17) is 4.74 Å². The topological polar surface area (TPSA) is 125 Å². The summed E-state index contributed by atoms with van der Waals surface area (Å²) in [7, 11) is 0. The van der Waals surface area contributed by atoms with Crippen LogP contribution in [0.2, 0.25) is 0 Å². The Labute approximate surface area is 264 Å². The van der Waals surface area contributed by atoms with Gasteiger partial charge in [0.1, 0.15) is 18.7 Å². The maximum absolute atomic E-state index is 13.3. The highest BCUT2D eigenvalue weighted by Crippen LogP contribution is 2.44. The molecule has 1 heterocycles. The molecule has 0 unspecified atom stereocenters. The van der Waals surface area contributed by atoms with E-state index in [9.17, 15) is 24.3 Å². The Hall–Kier alpha value is -4.66. The van der Waals surface area contributed by atoms with E-state index in [1.165, 1.54) is 11.1 Å². The molecule has 1 saturated heterocycles. The minimum absolute atomic E-state index is 0.0258. The number of carbonyl (C=O) groups is 4. The predicted octanol–water partition coefficient (Wildman–Crippen LogP) is 4.99. The van der Waals surface area contributed by atoms with Crippen LogP contribution in [0.25, 0.3) is 11.1 Å². The van der Waals surface area contributed by atoms with Gasteiger partial charge < -0.3 is 25.4 Å². The summed E-state index contributed by atoms with van der Waals surface area (Å²) in [6.07, 6.45) is 0.994. The standard InChI is InChI=1S/C36H41N3O6/c1-23(2)20-31(34(41)38-32(35(42)43)21-24-10-4-3-5-11-24)37-33(40)25-16-18-39(19-17-25)36(44)45-22-30-28-14-8-6-12-26(28)27-13-7-9-15-29(27)30/h3-15,23,25,30-32H,16-22H2,1-2H3,(H,37,40)(H,38,41)(H,42,43)/t31-,32-/m0/s1. The third kappa shape index (κ3) is 7.71. The number of carboxylic acids is 1. The second-order valence-corrected chi connectivity index (χ2v) is 12.3. The molecule has 3 aromatic carbocycles. The van der Waals surface area contributed by atoms with Gasteiger partial charge >= 0.3 is 12.1 Å². The van der Waals surface area contributed by atoms with Crippen LogP contribution in [-0.2, 0) is 25.5 Å². The van der Waals surface area contributed by atoms with Crippen LogP contribution in [0.4, 0.5) is 4.79 Å². The van der Waals surface area contributed by atoms with E-state index in [0.717, 1.165) is 16.7 Å². The molecule has 236 valence electrons. The molecule has 1 fully saturated rings. The van der Waals surface area contributed by atoms with Crippen molar-refractivity contribution in [2.75, 3.05) is 19.7 Å². The van der Waals surface area contributed by atoms with E-state index in [2.05, 4.69) is 34.9 Å². The lowest BCUT2D eigenvalue weighted by Gasteiger charge is -2.32. The molecule has 9 nitrogen and oxygen atoms in total. The Balaban J connectivity index is 1.13. The summed E-state index contributed by atoms with van der Waals surface area (Å²) in [6.45, 7) is 4.86. The van der Waals surface area contributed by atoms with Gasteiger partial charge in [-0.2, -0.15) is 0 Å². The summed E-state index contributed by atoms with van der Waals surface area (Å²) in [4.78, 5) is 53.1. The molecule has 3 amide bonds. The van der Waals surface area contributed by atoms with Crippen LogP contribution in [0.3, 0.4) is 0 Å². The zero-order chi connectivity index (χ0) is 31.9. The van der Waals surface area contributed by atoms with E-state index in [0.29, 0.717) is 32.4 Å². The van der Waals surface area contributed by atoms with Gasteiger partial charge in [0, 0.05) is 31.3 Å². The van der Waals surface area contributed by atoms with Crippen molar-refractivity contribution in [2.24, 2.45) is 11.8 Å². The summed E-state index contributed by atoms with van der Waals surface area (Å²) >= 11 is 0. The lowest BCUT2D eigenvalue weighted by molar-refractivity contribution is -0.142. The molecule has 0 radical (unpaired) electrons. The number of rotatable bonds is 11. The maximum atomic E-state index is 13.3. The normalized spacial score (nSPS) is 15.9. The van der Waals surface area contributed by atoms with Crippen molar-refractivity contribution >= 4 is 23.9 Å². The number of hydrogen-bond donors (Lipinski definition) is 3. The Morgan fingerprint density at radius 2 is 1.40 bits per heavy atom. The molecule has 3 N–H and O–H groups in total. The van der Waals surface area contributed by atoms with Gasteiger partial charge in [-0.3, -0.25) is 9.59 Å². The highest BCUT2D eigenvalue weighted by atomic mass is 16.6. The first-order valence-electron chi connectivity index (χ1n) is 15.7. The fourth-order valence-electron chi connectivity index (χ4n) is 6.32. The molecule has 3 aromatic rings. The van der Waals surface area contributed by atoms with Gasteiger partial charge in [-0.1, -0.05) is 92.7 Å². The van der Waals surface area contributed by atoms with Crippen LogP contribution >= 0.6 is 0 Å². The molecule has 1 aliphatic heterocycles. The van der Waals surface area contributed by atoms with Crippen LogP contribution in [0, 0.1) is 11.8 Å². The van der Waals surface area contributed by atoms with Crippen LogP contribution in [0.1, 0.15) is 55.7 Å². The van der Waals surface area contributed by atoms with Crippen molar-refractivity contribution in [1.29, 1.82) is 0 Å². The van der Waals surface area contributed by atoms with Gasteiger partial charge in [-0.25, -0.2) is 9.59 Å². The van der Waals surface area contributed by atoms with Crippen molar-refractivity contribution < 1.29 is 29.0 Å². The largest absolute Gasteiger partial charge is 0.480 e. The van der Waals surface area contributed by atoms with E-state index in [1.807, 2.05) is 68.4 Å². The first-order valence-corrected chi connectivity index (χ1v) is 15.7. The van der Waals surface area contributed by atoms with Crippen molar-refractivity contribution in [3.63, 3.8) is 0 Å². The Morgan fingerprint density at radius 3 is 1.98 bits per heavy atom. The number of carboxylic acid groups (broad SMARTS) is 1. The van der Waals surface area contributed by atoms with Gasteiger partial charge in [0.05, 0.1) is 0 Å². The molecule has 2 atom stereocenters. The average Bonchev–Trinajstić information content (AvgIpc) is 3.36. The highest BCUT2D eigenvalue weighted by molar-refractivity contribution is 5.91. The number of nitrogens with zero attached hydrogens (tertiary/aromatic N) is 1. The molecular formula is C36H41N3O6. The summed E-state index contributed by atoms with van der Waals surface area (Å²) in [5, 5.41) is 15.2. The number of hydrogen-bond acceptors (Lipinski definition) is 5. The Morgan fingerprint density at radius 1 is 0.822 bits per heavy atom. The molecule has 2 aliphatic rings. The fourth-order valence-corrected chi connectivity index (χ4v) is 6.32. The number of ether oxygens (including phenoxy) is 1. The number of amides is 3. The number of piperidine rings is 1. The van der Waals surface area contributed by atoms with Crippen molar-refractivity contribution in [1.82, 2.24) is 15.5 Å². The number of likely N-dealkylation sites (tertiary alicyclic amines) is 1. The smallest absolute Gasteiger partial charge is 0.409 e. The molecule has 5 rings (SSSR count). The van der Waals surface area contributed by atoms with E-state index in [1.54, 1.807) is 4.90 Å². The average molecular weight is 612 g/mol. The van der Waals surface area contributed by atoms with E-state index in [-0.39, 0.29) is 36.7 Å². The second kappa shape index (κ2) is 14.4. The van der Waals surface area contributed by atoms with Gasteiger partial charge in [0.25, 0.3) is 0 Å². The van der Waals surface area contributed by atoms with Crippen LogP contribution in [0.5, 0.6) is 0 Å². The minimum Gasteiger partial charge on any atom is -0.480 e. The molecule has 9 heteroatoms. The van der Waals surface area contributed by atoms with E-state index >= 15 is 0 Å². The molecular weight excluding hydrogens is 570 g/mol. The monoisotopic (exact) mass is 611 g/mol. The second-order valence-electron chi connectivity index (χ2n) is 12.3. The van der Waals surface area contributed by atoms with Gasteiger partial charge in [0.15, 0.2) is 0 Å². The fraction of sp³-hybridized carbons (Fsp3) is 0.389. The lowest BCUT2D eigenvalue weighted by Crippen LogP contribution is -2.54. The third-order valence-electron chi connectivity index (χ3n) is 8.70. The van der Waals surface area contributed by atoms with Crippen molar-refractivity contribution in [3.05, 3.63) is 95.6 Å². The van der Waals surface area contributed by atoms with Crippen LogP contribution in [-0.4, -0.2) is 65.7 Å². The molecule has 0 saturated carbocycles. The third-order valence-corrected chi connectivity index (χ3v) is 8.70.